The maximum atomic E-state index is 12.1. The van der Waals surface area contributed by atoms with Crippen molar-refractivity contribution >= 4 is 33.1 Å². The van der Waals surface area contributed by atoms with Crippen LogP contribution in [0, 0.1) is 0 Å². The molecule has 0 unspecified atom stereocenters. The molecule has 126 valence electrons. The number of anilines is 1. The molecule has 3 aromatic rings. The summed E-state index contributed by atoms with van der Waals surface area (Å²) >= 11 is 1.06. The van der Waals surface area contributed by atoms with Crippen LogP contribution in [0.4, 0.5) is 10.5 Å². The summed E-state index contributed by atoms with van der Waals surface area (Å²) in [4.78, 5) is 12.1. The Hall–Kier alpha value is -2.64. The van der Waals surface area contributed by atoms with Gasteiger partial charge in [-0.15, -0.1) is 11.3 Å². The van der Waals surface area contributed by atoms with E-state index in [0.29, 0.717) is 5.69 Å². The van der Waals surface area contributed by atoms with Gasteiger partial charge in [0.05, 0.1) is 0 Å². The molecule has 1 aromatic heterocycles. The number of sulfonamides is 1. The number of hydrogen-bond acceptors (Lipinski definition) is 4. The zero-order valence-corrected chi connectivity index (χ0v) is 14.7. The van der Waals surface area contributed by atoms with Crippen molar-refractivity contribution in [2.45, 2.75) is 10.6 Å². The maximum Gasteiger partial charge on any atom is 0.333 e. The molecule has 5 nitrogen and oxygen atoms in total. The zero-order valence-electron chi connectivity index (χ0n) is 13.0. The van der Waals surface area contributed by atoms with Gasteiger partial charge in [-0.2, -0.15) is 0 Å². The van der Waals surface area contributed by atoms with E-state index in [0.717, 1.165) is 28.9 Å². The van der Waals surface area contributed by atoms with Gasteiger partial charge in [-0.3, -0.25) is 0 Å². The van der Waals surface area contributed by atoms with E-state index < -0.39 is 16.1 Å². The highest BCUT2D eigenvalue weighted by Crippen LogP contribution is 2.37. The Morgan fingerprint density at radius 1 is 0.960 bits per heavy atom. The SMILES string of the molecule is O=C(Nc1ccc2c(c1)-c1ccccc1C2)NS(=O)(=O)c1cccs1. The third-order valence-corrected chi connectivity index (χ3v) is 6.77. The molecule has 0 radical (unpaired) electrons. The fourth-order valence-electron chi connectivity index (χ4n) is 2.95. The van der Waals surface area contributed by atoms with Crippen LogP contribution in [0.5, 0.6) is 0 Å². The van der Waals surface area contributed by atoms with E-state index in [1.54, 1.807) is 17.5 Å². The van der Waals surface area contributed by atoms with Crippen LogP contribution in [0.3, 0.4) is 0 Å². The number of hydrogen-bond donors (Lipinski definition) is 2. The van der Waals surface area contributed by atoms with Crippen LogP contribution in [-0.2, 0) is 16.4 Å². The minimum atomic E-state index is -3.84. The Bertz CT molecular complexity index is 1060. The molecular formula is C18H14N2O3S2. The van der Waals surface area contributed by atoms with Gasteiger partial charge in [0.25, 0.3) is 10.0 Å². The van der Waals surface area contributed by atoms with E-state index in [9.17, 15) is 13.2 Å². The number of carbonyl (C=O) groups excluding carboxylic acids is 1. The summed E-state index contributed by atoms with van der Waals surface area (Å²) in [5, 5.41) is 4.24. The third-order valence-electron chi connectivity index (χ3n) is 4.04. The Labute approximate surface area is 149 Å². The predicted molar refractivity (Wildman–Crippen MR) is 98.3 cm³/mol. The van der Waals surface area contributed by atoms with Gasteiger partial charge in [-0.25, -0.2) is 17.9 Å². The van der Waals surface area contributed by atoms with Crippen LogP contribution in [-0.4, -0.2) is 14.4 Å². The summed E-state index contributed by atoms with van der Waals surface area (Å²) in [5.74, 6) is 0. The summed E-state index contributed by atoms with van der Waals surface area (Å²) in [6.45, 7) is 0. The van der Waals surface area contributed by atoms with Crippen LogP contribution in [0.1, 0.15) is 11.1 Å². The molecule has 0 saturated heterocycles. The molecule has 1 heterocycles. The standard InChI is InChI=1S/C18H14N2O3S2/c21-18(20-25(22,23)17-6-3-9-24-17)19-14-8-7-13-10-12-4-1-2-5-15(12)16(13)11-14/h1-9,11H,10H2,(H2,19,20,21). The Morgan fingerprint density at radius 3 is 2.56 bits per heavy atom. The van der Waals surface area contributed by atoms with E-state index in [1.807, 2.05) is 35.1 Å². The van der Waals surface area contributed by atoms with E-state index >= 15 is 0 Å². The lowest BCUT2D eigenvalue weighted by molar-refractivity contribution is 0.256. The van der Waals surface area contributed by atoms with Crippen molar-refractivity contribution in [3.63, 3.8) is 0 Å². The van der Waals surface area contributed by atoms with Crippen molar-refractivity contribution in [2.24, 2.45) is 0 Å². The van der Waals surface area contributed by atoms with Crippen molar-refractivity contribution < 1.29 is 13.2 Å². The molecule has 0 bridgehead atoms. The predicted octanol–water partition coefficient (Wildman–Crippen LogP) is 3.83. The molecule has 25 heavy (non-hydrogen) atoms. The number of thiophene rings is 1. The van der Waals surface area contributed by atoms with Crippen LogP contribution >= 0.6 is 11.3 Å². The molecule has 1 aliphatic carbocycles. The van der Waals surface area contributed by atoms with Gasteiger partial charge >= 0.3 is 6.03 Å². The molecule has 0 aliphatic heterocycles. The topological polar surface area (TPSA) is 75.3 Å². The molecule has 4 rings (SSSR count). The number of fused-ring (bicyclic) bond motifs is 3. The van der Waals surface area contributed by atoms with Gasteiger partial charge in [0.15, 0.2) is 0 Å². The summed E-state index contributed by atoms with van der Waals surface area (Å²) < 4.78 is 26.3. The van der Waals surface area contributed by atoms with Crippen molar-refractivity contribution in [2.75, 3.05) is 5.32 Å². The quantitative estimate of drug-likeness (QED) is 0.575. The highest BCUT2D eigenvalue weighted by Gasteiger charge is 2.20. The zero-order chi connectivity index (χ0) is 17.4. The fourth-order valence-corrected chi connectivity index (χ4v) is 4.85. The number of amides is 2. The molecular weight excluding hydrogens is 356 g/mol. The minimum absolute atomic E-state index is 0.102. The largest absolute Gasteiger partial charge is 0.333 e. The Kier molecular flexibility index (Phi) is 3.82. The molecule has 7 heteroatoms. The van der Waals surface area contributed by atoms with Gasteiger partial charge in [0.2, 0.25) is 0 Å². The van der Waals surface area contributed by atoms with Crippen molar-refractivity contribution in [1.82, 2.24) is 4.72 Å². The molecule has 2 N–H and O–H groups in total. The van der Waals surface area contributed by atoms with Gasteiger partial charge in [-0.1, -0.05) is 36.4 Å². The second kappa shape index (κ2) is 6.02. The summed E-state index contributed by atoms with van der Waals surface area (Å²) in [5.41, 5.74) is 5.20. The number of carbonyl (C=O) groups is 1. The van der Waals surface area contributed by atoms with Gasteiger partial charge in [0, 0.05) is 5.69 Å². The molecule has 2 aromatic carbocycles. The lowest BCUT2D eigenvalue weighted by Crippen LogP contribution is -2.33. The number of rotatable bonds is 3. The van der Waals surface area contributed by atoms with Crippen molar-refractivity contribution in [1.29, 1.82) is 0 Å². The lowest BCUT2D eigenvalue weighted by atomic mass is 10.1. The molecule has 0 fully saturated rings. The smallest absolute Gasteiger partial charge is 0.307 e. The first-order chi connectivity index (χ1) is 12.0. The first kappa shape index (κ1) is 15.9. The monoisotopic (exact) mass is 370 g/mol. The lowest BCUT2D eigenvalue weighted by Gasteiger charge is -2.09. The summed E-state index contributed by atoms with van der Waals surface area (Å²) in [6, 6.07) is 16.0. The molecule has 0 saturated carbocycles. The highest BCUT2D eigenvalue weighted by atomic mass is 32.2. The average molecular weight is 370 g/mol. The molecule has 0 spiro atoms. The van der Waals surface area contributed by atoms with E-state index in [-0.39, 0.29) is 4.21 Å². The van der Waals surface area contributed by atoms with Crippen LogP contribution in [0.15, 0.2) is 64.2 Å². The Morgan fingerprint density at radius 2 is 1.76 bits per heavy atom. The summed E-state index contributed by atoms with van der Waals surface area (Å²) in [6.07, 6.45) is 0.866. The average Bonchev–Trinajstić information content (AvgIpc) is 3.22. The maximum absolute atomic E-state index is 12.1. The Balaban J connectivity index is 1.54. The van der Waals surface area contributed by atoms with Gasteiger partial charge in [-0.05, 0) is 52.3 Å². The van der Waals surface area contributed by atoms with E-state index in [2.05, 4.69) is 11.4 Å². The molecule has 0 atom stereocenters. The van der Waals surface area contributed by atoms with Gasteiger partial charge in [0.1, 0.15) is 4.21 Å². The first-order valence-corrected chi connectivity index (χ1v) is 9.98. The van der Waals surface area contributed by atoms with Crippen LogP contribution in [0.2, 0.25) is 0 Å². The third kappa shape index (κ3) is 3.04. The minimum Gasteiger partial charge on any atom is -0.307 e. The van der Waals surface area contributed by atoms with Gasteiger partial charge < -0.3 is 5.32 Å². The van der Waals surface area contributed by atoms with E-state index in [4.69, 9.17) is 0 Å². The number of nitrogens with one attached hydrogen (secondary N) is 2. The number of benzene rings is 2. The highest BCUT2D eigenvalue weighted by molar-refractivity contribution is 7.92. The first-order valence-electron chi connectivity index (χ1n) is 7.61. The molecule has 1 aliphatic rings. The molecule has 2 amide bonds. The normalized spacial score (nSPS) is 12.3. The number of urea groups is 1. The van der Waals surface area contributed by atoms with Crippen molar-refractivity contribution in [3.8, 4) is 11.1 Å². The van der Waals surface area contributed by atoms with Crippen LogP contribution in [0.25, 0.3) is 11.1 Å². The van der Waals surface area contributed by atoms with E-state index in [1.165, 1.54) is 17.2 Å². The van der Waals surface area contributed by atoms with Crippen LogP contribution < -0.4 is 10.0 Å². The second-order valence-electron chi connectivity index (χ2n) is 5.70. The van der Waals surface area contributed by atoms with Crippen molar-refractivity contribution in [3.05, 3.63) is 71.1 Å². The summed E-state index contributed by atoms with van der Waals surface area (Å²) in [7, 11) is -3.84. The second-order valence-corrected chi connectivity index (χ2v) is 8.55. The fraction of sp³-hybridized carbons (Fsp3) is 0.0556.